The number of fused-ring (bicyclic) bond motifs is 5. The highest BCUT2D eigenvalue weighted by molar-refractivity contribution is 6.29. The molecule has 0 unspecified atom stereocenters. The van der Waals surface area contributed by atoms with Gasteiger partial charge in [0.05, 0.1) is 5.69 Å². The summed E-state index contributed by atoms with van der Waals surface area (Å²) in [5.41, 5.74) is 12.5. The molecule has 0 fully saturated rings. The van der Waals surface area contributed by atoms with Crippen molar-refractivity contribution in [1.82, 2.24) is 4.98 Å². The van der Waals surface area contributed by atoms with Crippen molar-refractivity contribution in [2.24, 2.45) is 0 Å². The van der Waals surface area contributed by atoms with Crippen molar-refractivity contribution in [3.8, 4) is 55.8 Å². The molecule has 0 radical (unpaired) electrons. The van der Waals surface area contributed by atoms with Crippen molar-refractivity contribution in [3.63, 3.8) is 0 Å². The van der Waals surface area contributed by atoms with E-state index in [1.54, 1.807) is 0 Å². The van der Waals surface area contributed by atoms with Gasteiger partial charge in [-0.15, -0.1) is 0 Å². The lowest BCUT2D eigenvalue weighted by Crippen LogP contribution is -1.93. The van der Waals surface area contributed by atoms with Gasteiger partial charge < -0.3 is 0 Å². The highest BCUT2D eigenvalue weighted by atomic mass is 14.7. The average molecular weight is 532 g/mol. The van der Waals surface area contributed by atoms with Crippen molar-refractivity contribution in [1.29, 1.82) is 0 Å². The fraction of sp³-hybridized carbons (Fsp3) is 0. The van der Waals surface area contributed by atoms with Gasteiger partial charge in [0.25, 0.3) is 0 Å². The molecule has 0 N–H and O–H groups in total. The summed E-state index contributed by atoms with van der Waals surface area (Å²) in [5.74, 6) is 0. The molecule has 0 saturated carbocycles. The maximum absolute atomic E-state index is 4.93. The summed E-state index contributed by atoms with van der Waals surface area (Å²) in [5, 5.41) is 7.50. The molecule has 7 aromatic carbocycles. The lowest BCUT2D eigenvalue weighted by Gasteiger charge is -2.20. The van der Waals surface area contributed by atoms with Crippen LogP contribution in [0, 0.1) is 0 Å². The van der Waals surface area contributed by atoms with Crippen molar-refractivity contribution >= 4 is 32.3 Å². The molecule has 8 aromatic rings. The minimum Gasteiger partial charge on any atom is -0.256 e. The second-order valence-corrected chi connectivity index (χ2v) is 11.0. The fourth-order valence-electron chi connectivity index (χ4n) is 7.15. The molecule has 194 valence electrons. The Kier molecular flexibility index (Phi) is 4.97. The van der Waals surface area contributed by atoms with Gasteiger partial charge >= 0.3 is 0 Å². The fourth-order valence-corrected chi connectivity index (χ4v) is 7.15. The number of hydrogen-bond donors (Lipinski definition) is 0. The monoisotopic (exact) mass is 531 g/mol. The molecule has 1 aliphatic carbocycles. The summed E-state index contributed by atoms with van der Waals surface area (Å²) in [4.78, 5) is 4.93. The van der Waals surface area contributed by atoms with Gasteiger partial charge in [0.1, 0.15) is 0 Å². The highest BCUT2D eigenvalue weighted by Gasteiger charge is 2.31. The van der Waals surface area contributed by atoms with Gasteiger partial charge in [0.2, 0.25) is 0 Å². The van der Waals surface area contributed by atoms with Crippen LogP contribution in [0.25, 0.3) is 88.1 Å². The molecule has 0 saturated heterocycles. The van der Waals surface area contributed by atoms with Crippen LogP contribution < -0.4 is 0 Å². The molecular weight excluding hydrogens is 506 g/mol. The van der Waals surface area contributed by atoms with Crippen LogP contribution in [0.1, 0.15) is 0 Å². The largest absolute Gasteiger partial charge is 0.256 e. The van der Waals surface area contributed by atoms with Crippen molar-refractivity contribution in [2.45, 2.75) is 0 Å². The smallest absolute Gasteiger partial charge is 0.0786 e. The molecule has 1 aliphatic rings. The zero-order valence-corrected chi connectivity index (χ0v) is 22.9. The Labute approximate surface area is 244 Å². The van der Waals surface area contributed by atoms with Gasteiger partial charge in [-0.2, -0.15) is 0 Å². The van der Waals surface area contributed by atoms with E-state index >= 15 is 0 Å². The predicted octanol–water partition coefficient (Wildman–Crippen LogP) is 11.2. The van der Waals surface area contributed by atoms with Crippen molar-refractivity contribution < 1.29 is 0 Å². The Hall–Kier alpha value is -5.53. The predicted molar refractivity (Wildman–Crippen MR) is 177 cm³/mol. The molecule has 42 heavy (non-hydrogen) atoms. The van der Waals surface area contributed by atoms with Gasteiger partial charge in [-0.3, -0.25) is 4.98 Å². The number of pyridine rings is 1. The lowest BCUT2D eigenvalue weighted by molar-refractivity contribution is 1.36. The first-order chi connectivity index (χ1) is 20.9. The van der Waals surface area contributed by atoms with Crippen molar-refractivity contribution in [3.05, 3.63) is 152 Å². The number of nitrogens with zero attached hydrogens (tertiary/aromatic N) is 1. The Morgan fingerprint density at radius 3 is 1.52 bits per heavy atom. The number of aromatic nitrogens is 1. The molecule has 0 aliphatic heterocycles. The zero-order chi connectivity index (χ0) is 27.6. The maximum atomic E-state index is 4.93. The molecule has 0 spiro atoms. The van der Waals surface area contributed by atoms with E-state index in [1.165, 1.54) is 82.4 Å². The molecule has 0 atom stereocenters. The summed E-state index contributed by atoms with van der Waals surface area (Å²) < 4.78 is 0. The number of rotatable bonds is 3. The summed E-state index contributed by atoms with van der Waals surface area (Å²) >= 11 is 0. The SMILES string of the molecule is c1ccc(-c2c3c(c(-c4ccccc4)c4ccccc24)-c2ccc(-c4nccc5ccccc45)c4cccc-3c24)cc1. The van der Waals surface area contributed by atoms with E-state index in [-0.39, 0.29) is 0 Å². The van der Waals surface area contributed by atoms with Gasteiger partial charge in [0.15, 0.2) is 0 Å². The summed E-state index contributed by atoms with van der Waals surface area (Å²) in [6, 6.07) is 52.8. The highest BCUT2D eigenvalue weighted by Crippen LogP contribution is 2.58. The molecule has 9 rings (SSSR count). The zero-order valence-electron chi connectivity index (χ0n) is 22.9. The quantitative estimate of drug-likeness (QED) is 0.221. The van der Waals surface area contributed by atoms with Crippen LogP contribution in [0.3, 0.4) is 0 Å². The van der Waals surface area contributed by atoms with Gasteiger partial charge in [-0.1, -0.05) is 140 Å². The number of hydrogen-bond acceptors (Lipinski definition) is 1. The normalized spacial score (nSPS) is 11.8. The molecular formula is C41H25N. The first kappa shape index (κ1) is 23.2. The van der Waals surface area contributed by atoms with E-state index in [0.29, 0.717) is 0 Å². The van der Waals surface area contributed by atoms with Crippen molar-refractivity contribution in [2.75, 3.05) is 0 Å². The molecule has 0 bridgehead atoms. The second-order valence-electron chi connectivity index (χ2n) is 11.0. The first-order valence-electron chi connectivity index (χ1n) is 14.5. The molecule has 1 heteroatoms. The minimum absolute atomic E-state index is 1.03. The number of benzene rings is 7. The third kappa shape index (κ3) is 3.22. The molecule has 0 amide bonds. The Bertz CT molecular complexity index is 2240. The van der Waals surface area contributed by atoms with Crippen LogP contribution in [0.4, 0.5) is 0 Å². The molecule has 1 aromatic heterocycles. The van der Waals surface area contributed by atoms with Crippen LogP contribution in [0.5, 0.6) is 0 Å². The second kappa shape index (κ2) is 8.99. The average Bonchev–Trinajstić information content (AvgIpc) is 3.39. The Balaban J connectivity index is 1.46. The van der Waals surface area contributed by atoms with Gasteiger partial charge in [-0.05, 0) is 77.5 Å². The Morgan fingerprint density at radius 2 is 0.857 bits per heavy atom. The first-order valence-corrected chi connectivity index (χ1v) is 14.5. The van der Waals surface area contributed by atoms with Crippen LogP contribution in [0.2, 0.25) is 0 Å². The van der Waals surface area contributed by atoms with E-state index in [9.17, 15) is 0 Å². The van der Waals surface area contributed by atoms with Crippen LogP contribution >= 0.6 is 0 Å². The third-order valence-corrected chi connectivity index (χ3v) is 8.85. The summed E-state index contributed by atoms with van der Waals surface area (Å²) in [6.45, 7) is 0. The van der Waals surface area contributed by atoms with E-state index in [2.05, 4.69) is 146 Å². The van der Waals surface area contributed by atoms with Gasteiger partial charge in [-0.25, -0.2) is 0 Å². The van der Waals surface area contributed by atoms with E-state index in [0.717, 1.165) is 5.69 Å². The minimum atomic E-state index is 1.03. The van der Waals surface area contributed by atoms with E-state index in [4.69, 9.17) is 4.98 Å². The van der Waals surface area contributed by atoms with Crippen LogP contribution in [-0.2, 0) is 0 Å². The maximum Gasteiger partial charge on any atom is 0.0786 e. The molecule has 1 heterocycles. The van der Waals surface area contributed by atoms with Crippen LogP contribution in [0.15, 0.2) is 152 Å². The third-order valence-electron chi connectivity index (χ3n) is 8.85. The summed E-state index contributed by atoms with van der Waals surface area (Å²) in [6.07, 6.45) is 1.93. The van der Waals surface area contributed by atoms with Crippen LogP contribution in [-0.4, -0.2) is 4.98 Å². The van der Waals surface area contributed by atoms with E-state index in [1.807, 2.05) is 6.20 Å². The lowest BCUT2D eigenvalue weighted by atomic mass is 9.82. The van der Waals surface area contributed by atoms with E-state index < -0.39 is 0 Å². The Morgan fingerprint density at radius 1 is 0.333 bits per heavy atom. The van der Waals surface area contributed by atoms with Gasteiger partial charge in [0, 0.05) is 17.1 Å². The summed E-state index contributed by atoms with van der Waals surface area (Å²) in [7, 11) is 0. The standard InChI is InChI=1S/C41H25N/c1-3-13-27(14-4-1)36-30-18-9-10-19-31(30)37(28-15-5-2-6-16-28)40-35-23-22-33(32-20-11-21-34(38(32)35)39(36)40)41-29-17-8-7-12-26(29)24-25-42-41/h1-25H. The molecule has 1 nitrogen and oxygen atoms in total. The topological polar surface area (TPSA) is 12.9 Å².